The van der Waals surface area contributed by atoms with Gasteiger partial charge < -0.3 is 10.0 Å². The van der Waals surface area contributed by atoms with Gasteiger partial charge in [-0.1, -0.05) is 18.9 Å². The fourth-order valence-electron chi connectivity index (χ4n) is 2.38. The minimum Gasteiger partial charge on any atom is -0.388 e. The molecule has 0 aromatic carbocycles. The first kappa shape index (κ1) is 13.3. The van der Waals surface area contributed by atoms with Gasteiger partial charge in [0.1, 0.15) is 0 Å². The molecule has 1 N–H and O–H groups in total. The minimum atomic E-state index is -0.665. The van der Waals surface area contributed by atoms with Gasteiger partial charge in [0.05, 0.1) is 5.60 Å². The lowest BCUT2D eigenvalue weighted by atomic mass is 10.0. The molecular weight excluding hydrogens is 246 g/mol. The third kappa shape index (κ3) is 3.43. The number of carbonyl (C=O) groups is 1. The van der Waals surface area contributed by atoms with Crippen molar-refractivity contribution >= 4 is 23.3 Å². The van der Waals surface area contributed by atoms with Crippen molar-refractivity contribution in [1.82, 2.24) is 4.90 Å². The molecule has 2 rings (SSSR count). The number of nitrogens with zero attached hydrogens (tertiary/aromatic N) is 1. The summed E-state index contributed by atoms with van der Waals surface area (Å²) in [5, 5.41) is 12.2. The molecule has 18 heavy (non-hydrogen) atoms. The van der Waals surface area contributed by atoms with E-state index in [1.54, 1.807) is 29.4 Å². The second kappa shape index (κ2) is 5.67. The Morgan fingerprint density at radius 1 is 1.56 bits per heavy atom. The molecular formula is C14H19NO2S. The first-order valence-electron chi connectivity index (χ1n) is 6.28. The van der Waals surface area contributed by atoms with E-state index in [9.17, 15) is 9.90 Å². The van der Waals surface area contributed by atoms with Crippen LogP contribution in [-0.2, 0) is 4.79 Å². The van der Waals surface area contributed by atoms with Gasteiger partial charge in [-0.15, -0.1) is 11.3 Å². The van der Waals surface area contributed by atoms with Gasteiger partial charge >= 0.3 is 0 Å². The highest BCUT2D eigenvalue weighted by atomic mass is 32.1. The SMILES string of the molecule is CN(CC1(O)CCCC1)C(=O)/C=C/c1cccs1. The van der Waals surface area contributed by atoms with Crippen molar-refractivity contribution < 1.29 is 9.90 Å². The molecule has 1 aromatic rings. The number of hydrogen-bond donors (Lipinski definition) is 1. The standard InChI is InChI=1S/C14H19NO2S/c1-15(11-14(17)8-2-3-9-14)13(16)7-6-12-5-4-10-18-12/h4-7,10,17H,2-3,8-9,11H2,1H3/b7-6+. The zero-order chi connectivity index (χ0) is 13.0. The fraction of sp³-hybridized carbons (Fsp3) is 0.500. The summed E-state index contributed by atoms with van der Waals surface area (Å²) in [6.45, 7) is 0.431. The van der Waals surface area contributed by atoms with Crippen LogP contribution in [0, 0.1) is 0 Å². The smallest absolute Gasteiger partial charge is 0.246 e. The summed E-state index contributed by atoms with van der Waals surface area (Å²) in [6, 6.07) is 3.93. The highest BCUT2D eigenvalue weighted by Crippen LogP contribution is 2.29. The molecule has 1 aliphatic carbocycles. The lowest BCUT2D eigenvalue weighted by Gasteiger charge is -2.27. The van der Waals surface area contributed by atoms with Gasteiger partial charge in [0.25, 0.3) is 0 Å². The lowest BCUT2D eigenvalue weighted by Crippen LogP contribution is -2.41. The molecule has 0 aliphatic heterocycles. The first-order chi connectivity index (χ1) is 8.59. The van der Waals surface area contributed by atoms with E-state index in [2.05, 4.69) is 0 Å². The van der Waals surface area contributed by atoms with E-state index in [0.717, 1.165) is 30.6 Å². The minimum absolute atomic E-state index is 0.0521. The summed E-state index contributed by atoms with van der Waals surface area (Å²) in [6.07, 6.45) is 7.12. The largest absolute Gasteiger partial charge is 0.388 e. The maximum atomic E-state index is 11.9. The van der Waals surface area contributed by atoms with Crippen molar-refractivity contribution in [3.05, 3.63) is 28.5 Å². The van der Waals surface area contributed by atoms with E-state index in [4.69, 9.17) is 0 Å². The lowest BCUT2D eigenvalue weighted by molar-refractivity contribution is -0.127. The second-order valence-corrected chi connectivity index (χ2v) is 5.95. The van der Waals surface area contributed by atoms with Gasteiger partial charge in [-0.3, -0.25) is 4.79 Å². The van der Waals surface area contributed by atoms with Crippen LogP contribution in [0.2, 0.25) is 0 Å². The number of carbonyl (C=O) groups excluding carboxylic acids is 1. The Morgan fingerprint density at radius 2 is 2.28 bits per heavy atom. The summed E-state index contributed by atoms with van der Waals surface area (Å²) in [5.74, 6) is -0.0521. The summed E-state index contributed by atoms with van der Waals surface area (Å²) >= 11 is 1.60. The Labute approximate surface area is 112 Å². The number of thiophene rings is 1. The fourth-order valence-corrected chi connectivity index (χ4v) is 3.00. The zero-order valence-corrected chi connectivity index (χ0v) is 11.4. The third-order valence-corrected chi connectivity index (χ3v) is 4.21. The molecule has 1 amide bonds. The highest BCUT2D eigenvalue weighted by Gasteiger charge is 2.32. The number of amides is 1. The molecule has 1 aliphatic rings. The van der Waals surface area contributed by atoms with Crippen LogP contribution in [0.4, 0.5) is 0 Å². The van der Waals surface area contributed by atoms with Gasteiger partial charge in [-0.05, 0) is 30.4 Å². The Bertz CT molecular complexity index is 419. The van der Waals surface area contributed by atoms with Crippen molar-refractivity contribution in [2.75, 3.05) is 13.6 Å². The maximum Gasteiger partial charge on any atom is 0.246 e. The van der Waals surface area contributed by atoms with Gasteiger partial charge in [0.2, 0.25) is 5.91 Å². The van der Waals surface area contributed by atoms with E-state index in [1.807, 2.05) is 23.6 Å². The molecule has 1 fully saturated rings. The van der Waals surface area contributed by atoms with Crippen LogP contribution < -0.4 is 0 Å². The molecule has 0 unspecified atom stereocenters. The summed E-state index contributed by atoms with van der Waals surface area (Å²) in [5.41, 5.74) is -0.665. The molecule has 1 aromatic heterocycles. The molecule has 1 saturated carbocycles. The van der Waals surface area contributed by atoms with Crippen LogP contribution in [0.5, 0.6) is 0 Å². The summed E-state index contributed by atoms with van der Waals surface area (Å²) < 4.78 is 0. The van der Waals surface area contributed by atoms with E-state index in [-0.39, 0.29) is 5.91 Å². The Morgan fingerprint density at radius 3 is 2.89 bits per heavy atom. The van der Waals surface area contributed by atoms with Crippen LogP contribution in [0.25, 0.3) is 6.08 Å². The molecule has 0 atom stereocenters. The summed E-state index contributed by atoms with van der Waals surface area (Å²) in [7, 11) is 1.75. The number of hydrogen-bond acceptors (Lipinski definition) is 3. The molecule has 0 spiro atoms. The third-order valence-electron chi connectivity index (χ3n) is 3.38. The van der Waals surface area contributed by atoms with Gasteiger partial charge in [0.15, 0.2) is 0 Å². The van der Waals surface area contributed by atoms with Crippen molar-refractivity contribution in [3.8, 4) is 0 Å². The Balaban J connectivity index is 1.88. The monoisotopic (exact) mass is 265 g/mol. The van der Waals surface area contributed by atoms with Crippen LogP contribution in [0.15, 0.2) is 23.6 Å². The van der Waals surface area contributed by atoms with Crippen molar-refractivity contribution in [1.29, 1.82) is 0 Å². The van der Waals surface area contributed by atoms with Crippen LogP contribution in [-0.4, -0.2) is 35.1 Å². The number of aliphatic hydroxyl groups is 1. The van der Waals surface area contributed by atoms with Gasteiger partial charge in [-0.2, -0.15) is 0 Å². The molecule has 0 radical (unpaired) electrons. The first-order valence-corrected chi connectivity index (χ1v) is 7.16. The zero-order valence-electron chi connectivity index (χ0n) is 10.6. The Kier molecular flexibility index (Phi) is 4.19. The predicted molar refractivity (Wildman–Crippen MR) is 74.4 cm³/mol. The molecule has 0 saturated heterocycles. The Hall–Kier alpha value is -1.13. The van der Waals surface area contributed by atoms with E-state index in [1.165, 1.54) is 0 Å². The second-order valence-electron chi connectivity index (χ2n) is 4.97. The molecule has 4 heteroatoms. The van der Waals surface area contributed by atoms with Crippen LogP contribution in [0.1, 0.15) is 30.6 Å². The van der Waals surface area contributed by atoms with E-state index in [0.29, 0.717) is 6.54 Å². The molecule has 1 heterocycles. The quantitative estimate of drug-likeness (QED) is 0.850. The van der Waals surface area contributed by atoms with E-state index < -0.39 is 5.60 Å². The summed E-state index contributed by atoms with van der Waals surface area (Å²) in [4.78, 5) is 14.6. The van der Waals surface area contributed by atoms with Gasteiger partial charge in [0, 0.05) is 24.5 Å². The molecule has 98 valence electrons. The number of rotatable bonds is 4. The molecule has 3 nitrogen and oxygen atoms in total. The molecule has 0 bridgehead atoms. The van der Waals surface area contributed by atoms with Crippen LogP contribution >= 0.6 is 11.3 Å². The highest BCUT2D eigenvalue weighted by molar-refractivity contribution is 7.10. The predicted octanol–water partition coefficient (Wildman–Crippen LogP) is 2.52. The average Bonchev–Trinajstić information content (AvgIpc) is 2.97. The number of likely N-dealkylation sites (N-methyl/N-ethyl adjacent to an activating group) is 1. The van der Waals surface area contributed by atoms with Crippen molar-refractivity contribution in [3.63, 3.8) is 0 Å². The maximum absolute atomic E-state index is 11.9. The van der Waals surface area contributed by atoms with Crippen LogP contribution in [0.3, 0.4) is 0 Å². The van der Waals surface area contributed by atoms with Gasteiger partial charge in [-0.25, -0.2) is 0 Å². The van der Waals surface area contributed by atoms with E-state index >= 15 is 0 Å². The topological polar surface area (TPSA) is 40.5 Å². The normalized spacial score (nSPS) is 18.3. The average molecular weight is 265 g/mol. The van der Waals surface area contributed by atoms with Crippen molar-refractivity contribution in [2.24, 2.45) is 0 Å². The van der Waals surface area contributed by atoms with Crippen molar-refractivity contribution in [2.45, 2.75) is 31.3 Å².